The lowest BCUT2D eigenvalue weighted by atomic mass is 10.1. The molecule has 1 aliphatic heterocycles. The summed E-state index contributed by atoms with van der Waals surface area (Å²) in [6.45, 7) is 6.31. The van der Waals surface area contributed by atoms with Crippen LogP contribution >= 0.6 is 11.9 Å². The molecule has 1 saturated heterocycles. The third-order valence-electron chi connectivity index (χ3n) is 7.60. The van der Waals surface area contributed by atoms with Crippen LogP contribution in [0.3, 0.4) is 0 Å². The first-order valence-corrected chi connectivity index (χ1v) is 14.8. The average molecular weight is 548 g/mol. The van der Waals surface area contributed by atoms with Crippen molar-refractivity contribution in [1.29, 1.82) is 0 Å². The molecule has 2 aromatic carbocycles. The van der Waals surface area contributed by atoms with Crippen LogP contribution in [-0.2, 0) is 20.0 Å². The smallest absolute Gasteiger partial charge is 0.269 e. The van der Waals surface area contributed by atoms with E-state index in [1.54, 1.807) is 16.6 Å². The molecular weight excluding hydrogens is 510 g/mol. The van der Waals surface area contributed by atoms with Crippen LogP contribution in [0.15, 0.2) is 48.5 Å². The van der Waals surface area contributed by atoms with Crippen molar-refractivity contribution in [3.05, 3.63) is 82.2 Å². The summed E-state index contributed by atoms with van der Waals surface area (Å²) in [6.07, 6.45) is 5.13. The van der Waals surface area contributed by atoms with Gasteiger partial charge in [-0.3, -0.25) is 14.3 Å². The maximum atomic E-state index is 12.8. The second-order valence-electron chi connectivity index (χ2n) is 10.3. The molecule has 0 radical (unpaired) electrons. The van der Waals surface area contributed by atoms with Crippen molar-refractivity contribution < 1.29 is 14.3 Å². The van der Waals surface area contributed by atoms with E-state index in [9.17, 15) is 9.59 Å². The molecule has 0 atom stereocenters. The molecule has 1 aliphatic carbocycles. The van der Waals surface area contributed by atoms with Crippen LogP contribution in [-0.4, -0.2) is 69.8 Å². The molecule has 1 N–H and O–H groups in total. The number of carbonyl (C=O) groups excluding carboxylic acids is 2. The van der Waals surface area contributed by atoms with Crippen molar-refractivity contribution in [2.75, 3.05) is 39.0 Å². The average Bonchev–Trinajstić information content (AvgIpc) is 3.74. The normalized spacial score (nSPS) is 15.8. The SMILES string of the molecule is CSN1CCN(C(=O)c2ccc(CCOc3cccc(CNC(=O)c4cc(C5CC5)nn4C)c3C)cc2)CC1. The van der Waals surface area contributed by atoms with E-state index in [0.29, 0.717) is 24.8 Å². The predicted octanol–water partition coefficient (Wildman–Crippen LogP) is 4.19. The highest BCUT2D eigenvalue weighted by Gasteiger charge is 2.28. The summed E-state index contributed by atoms with van der Waals surface area (Å²) in [5.74, 6) is 1.31. The summed E-state index contributed by atoms with van der Waals surface area (Å²) >= 11 is 1.73. The molecule has 5 rings (SSSR count). The summed E-state index contributed by atoms with van der Waals surface area (Å²) in [6, 6.07) is 15.7. The summed E-state index contributed by atoms with van der Waals surface area (Å²) in [5.41, 5.74) is 5.50. The number of nitrogens with zero attached hydrogens (tertiary/aromatic N) is 4. The molecule has 206 valence electrons. The molecule has 2 amide bonds. The van der Waals surface area contributed by atoms with Gasteiger partial charge in [0.2, 0.25) is 0 Å². The molecule has 39 heavy (non-hydrogen) atoms. The Morgan fingerprint density at radius 2 is 1.82 bits per heavy atom. The summed E-state index contributed by atoms with van der Waals surface area (Å²) in [7, 11) is 1.82. The lowest BCUT2D eigenvalue weighted by Crippen LogP contribution is -2.46. The Kier molecular flexibility index (Phi) is 8.57. The van der Waals surface area contributed by atoms with E-state index >= 15 is 0 Å². The second kappa shape index (κ2) is 12.3. The van der Waals surface area contributed by atoms with Crippen LogP contribution < -0.4 is 10.1 Å². The molecule has 0 bridgehead atoms. The van der Waals surface area contributed by atoms with E-state index in [1.807, 2.05) is 67.4 Å². The van der Waals surface area contributed by atoms with E-state index in [2.05, 4.69) is 21.0 Å². The van der Waals surface area contributed by atoms with Gasteiger partial charge in [-0.05, 0) is 67.0 Å². The molecule has 0 spiro atoms. The number of benzene rings is 2. The predicted molar refractivity (Wildman–Crippen MR) is 154 cm³/mol. The molecular formula is C30H37N5O3S. The zero-order valence-corrected chi connectivity index (χ0v) is 23.8. The Labute approximate surface area is 234 Å². The number of aromatic nitrogens is 2. The quantitative estimate of drug-likeness (QED) is 0.384. The number of carbonyl (C=O) groups is 2. The number of hydrogen-bond donors (Lipinski definition) is 1. The van der Waals surface area contributed by atoms with Crippen LogP contribution in [0.5, 0.6) is 5.75 Å². The van der Waals surface area contributed by atoms with Crippen molar-refractivity contribution in [3.63, 3.8) is 0 Å². The molecule has 8 nitrogen and oxygen atoms in total. The first kappa shape index (κ1) is 27.3. The van der Waals surface area contributed by atoms with E-state index in [1.165, 1.54) is 0 Å². The van der Waals surface area contributed by atoms with Gasteiger partial charge in [0.25, 0.3) is 11.8 Å². The molecule has 3 aromatic rings. The maximum absolute atomic E-state index is 12.8. The topological polar surface area (TPSA) is 79.7 Å². The number of nitrogens with one attached hydrogen (secondary N) is 1. The number of hydrogen-bond acceptors (Lipinski definition) is 6. The van der Waals surface area contributed by atoms with Gasteiger partial charge in [-0.25, -0.2) is 4.31 Å². The van der Waals surface area contributed by atoms with E-state index < -0.39 is 0 Å². The minimum atomic E-state index is -0.119. The zero-order chi connectivity index (χ0) is 27.4. The van der Waals surface area contributed by atoms with Crippen molar-refractivity contribution in [2.24, 2.45) is 7.05 Å². The van der Waals surface area contributed by atoms with Gasteiger partial charge in [0.1, 0.15) is 11.4 Å². The molecule has 2 heterocycles. The van der Waals surface area contributed by atoms with Gasteiger partial charge < -0.3 is 15.0 Å². The van der Waals surface area contributed by atoms with E-state index in [0.717, 1.165) is 79.1 Å². The molecule has 0 unspecified atom stereocenters. The molecule has 1 saturated carbocycles. The first-order chi connectivity index (χ1) is 18.9. The Hall–Kier alpha value is -3.30. The van der Waals surface area contributed by atoms with Gasteiger partial charge in [0, 0.05) is 57.7 Å². The van der Waals surface area contributed by atoms with Gasteiger partial charge in [-0.2, -0.15) is 5.10 Å². The number of aryl methyl sites for hydroxylation is 1. The van der Waals surface area contributed by atoms with Crippen LogP contribution in [0.2, 0.25) is 0 Å². The summed E-state index contributed by atoms with van der Waals surface area (Å²) < 4.78 is 10.1. The fraction of sp³-hybridized carbons (Fsp3) is 0.433. The minimum Gasteiger partial charge on any atom is -0.493 e. The third-order valence-corrected chi connectivity index (χ3v) is 8.48. The molecule has 1 aromatic heterocycles. The summed E-state index contributed by atoms with van der Waals surface area (Å²) in [4.78, 5) is 27.6. The summed E-state index contributed by atoms with van der Waals surface area (Å²) in [5, 5.41) is 7.53. The van der Waals surface area contributed by atoms with Gasteiger partial charge in [-0.15, -0.1) is 0 Å². The van der Waals surface area contributed by atoms with Gasteiger partial charge in [0.15, 0.2) is 0 Å². The van der Waals surface area contributed by atoms with E-state index in [-0.39, 0.29) is 11.8 Å². The maximum Gasteiger partial charge on any atom is 0.269 e. The van der Waals surface area contributed by atoms with Crippen molar-refractivity contribution in [1.82, 2.24) is 24.3 Å². The Bertz CT molecular complexity index is 1310. The zero-order valence-electron chi connectivity index (χ0n) is 23.0. The highest BCUT2D eigenvalue weighted by molar-refractivity contribution is 7.96. The highest BCUT2D eigenvalue weighted by atomic mass is 32.2. The van der Waals surface area contributed by atoms with Gasteiger partial charge in [-0.1, -0.05) is 36.2 Å². The molecule has 2 fully saturated rings. The molecule has 2 aliphatic rings. The van der Waals surface area contributed by atoms with Crippen molar-refractivity contribution in [2.45, 2.75) is 38.6 Å². The van der Waals surface area contributed by atoms with E-state index in [4.69, 9.17) is 4.74 Å². The minimum absolute atomic E-state index is 0.102. The number of ether oxygens (including phenoxy) is 1. The Balaban J connectivity index is 1.10. The molecule has 9 heteroatoms. The van der Waals surface area contributed by atoms with Crippen LogP contribution in [0, 0.1) is 6.92 Å². The fourth-order valence-electron chi connectivity index (χ4n) is 4.90. The van der Waals surface area contributed by atoms with Crippen LogP contribution in [0.1, 0.15) is 62.0 Å². The monoisotopic (exact) mass is 547 g/mol. The van der Waals surface area contributed by atoms with Crippen LogP contribution in [0.4, 0.5) is 0 Å². The standard InChI is InChI=1S/C30H37N5O3S/c1-21-25(20-31-29(36)27-19-26(23-11-12-23)32-33(27)2)5-4-6-28(21)38-18-13-22-7-9-24(10-8-22)30(37)34-14-16-35(39-3)17-15-34/h4-10,19,23H,11-18,20H2,1-3H3,(H,31,36). The number of piperazine rings is 1. The van der Waals surface area contributed by atoms with Crippen LogP contribution in [0.25, 0.3) is 0 Å². The second-order valence-corrected chi connectivity index (χ2v) is 11.2. The Morgan fingerprint density at radius 3 is 2.51 bits per heavy atom. The third kappa shape index (κ3) is 6.65. The largest absolute Gasteiger partial charge is 0.493 e. The highest BCUT2D eigenvalue weighted by Crippen LogP contribution is 2.39. The van der Waals surface area contributed by atoms with Gasteiger partial charge >= 0.3 is 0 Å². The van der Waals surface area contributed by atoms with Gasteiger partial charge in [0.05, 0.1) is 12.3 Å². The lowest BCUT2D eigenvalue weighted by molar-refractivity contribution is 0.0703. The fourth-order valence-corrected chi connectivity index (χ4v) is 5.43. The number of rotatable bonds is 10. The first-order valence-electron chi connectivity index (χ1n) is 13.6. The lowest BCUT2D eigenvalue weighted by Gasteiger charge is -2.33. The van der Waals surface area contributed by atoms with Crippen molar-refractivity contribution >= 4 is 23.8 Å². The number of amides is 2. The van der Waals surface area contributed by atoms with Crippen molar-refractivity contribution in [3.8, 4) is 5.75 Å². The Morgan fingerprint density at radius 1 is 1.08 bits per heavy atom.